The van der Waals surface area contributed by atoms with E-state index in [0.29, 0.717) is 23.1 Å². The van der Waals surface area contributed by atoms with Crippen molar-refractivity contribution in [2.45, 2.75) is 27.3 Å². The van der Waals surface area contributed by atoms with Crippen molar-refractivity contribution in [2.24, 2.45) is 0 Å². The Morgan fingerprint density at radius 2 is 1.91 bits per heavy atom. The Morgan fingerprint density at radius 1 is 1.22 bits per heavy atom. The van der Waals surface area contributed by atoms with Gasteiger partial charge in [0.15, 0.2) is 0 Å². The van der Waals surface area contributed by atoms with Crippen LogP contribution in [-0.4, -0.2) is 29.0 Å². The van der Waals surface area contributed by atoms with E-state index in [-0.39, 0.29) is 5.91 Å². The second-order valence-corrected chi connectivity index (χ2v) is 5.51. The SMILES string of the molecule is CCN(CC)c1cc(C(=O)NCc2ccccc2Cl)nc(C)n1. The zero-order valence-electron chi connectivity index (χ0n) is 13.6. The van der Waals surface area contributed by atoms with Gasteiger partial charge in [0, 0.05) is 30.7 Å². The molecule has 1 amide bonds. The number of amides is 1. The van der Waals surface area contributed by atoms with Crippen molar-refractivity contribution >= 4 is 23.3 Å². The van der Waals surface area contributed by atoms with Crippen LogP contribution in [0.5, 0.6) is 0 Å². The predicted octanol–water partition coefficient (Wildman–Crippen LogP) is 3.21. The number of hydrogen-bond acceptors (Lipinski definition) is 4. The van der Waals surface area contributed by atoms with E-state index in [4.69, 9.17) is 11.6 Å². The number of carbonyl (C=O) groups excluding carboxylic acids is 1. The Bertz CT molecular complexity index is 686. The number of rotatable bonds is 6. The highest BCUT2D eigenvalue weighted by atomic mass is 35.5. The van der Waals surface area contributed by atoms with Crippen LogP contribution in [0.1, 0.15) is 35.7 Å². The molecule has 5 nitrogen and oxygen atoms in total. The molecule has 6 heteroatoms. The second kappa shape index (κ2) is 7.92. The molecule has 0 saturated carbocycles. The third-order valence-corrected chi connectivity index (χ3v) is 3.91. The molecule has 0 aliphatic heterocycles. The molecule has 122 valence electrons. The summed E-state index contributed by atoms with van der Waals surface area (Å²) in [7, 11) is 0. The highest BCUT2D eigenvalue weighted by Gasteiger charge is 2.13. The van der Waals surface area contributed by atoms with Crippen molar-refractivity contribution in [1.29, 1.82) is 0 Å². The number of benzene rings is 1. The maximum atomic E-state index is 12.4. The number of anilines is 1. The highest BCUT2D eigenvalue weighted by molar-refractivity contribution is 6.31. The Labute approximate surface area is 141 Å². The highest BCUT2D eigenvalue weighted by Crippen LogP contribution is 2.15. The molecule has 0 spiro atoms. The van der Waals surface area contributed by atoms with Gasteiger partial charge in [-0.25, -0.2) is 9.97 Å². The largest absolute Gasteiger partial charge is 0.357 e. The molecule has 0 aliphatic carbocycles. The van der Waals surface area contributed by atoms with Crippen LogP contribution in [0.4, 0.5) is 5.82 Å². The zero-order valence-corrected chi connectivity index (χ0v) is 14.4. The van der Waals surface area contributed by atoms with Crippen LogP contribution in [0.15, 0.2) is 30.3 Å². The molecule has 1 N–H and O–H groups in total. The minimum Gasteiger partial charge on any atom is -0.357 e. The summed E-state index contributed by atoms with van der Waals surface area (Å²) in [4.78, 5) is 23.1. The van der Waals surface area contributed by atoms with Gasteiger partial charge in [0.2, 0.25) is 0 Å². The van der Waals surface area contributed by atoms with E-state index in [0.717, 1.165) is 24.5 Å². The number of halogens is 1. The van der Waals surface area contributed by atoms with Crippen LogP contribution in [0.2, 0.25) is 5.02 Å². The van der Waals surface area contributed by atoms with Crippen LogP contribution in [0, 0.1) is 6.92 Å². The predicted molar refractivity (Wildman–Crippen MR) is 93.0 cm³/mol. The van der Waals surface area contributed by atoms with Gasteiger partial charge in [0.1, 0.15) is 17.3 Å². The third-order valence-electron chi connectivity index (χ3n) is 3.54. The first-order valence-electron chi connectivity index (χ1n) is 7.67. The lowest BCUT2D eigenvalue weighted by Gasteiger charge is -2.20. The number of nitrogens with zero attached hydrogens (tertiary/aromatic N) is 3. The zero-order chi connectivity index (χ0) is 16.8. The maximum absolute atomic E-state index is 12.4. The lowest BCUT2D eigenvalue weighted by molar-refractivity contribution is 0.0945. The number of nitrogens with one attached hydrogen (secondary N) is 1. The second-order valence-electron chi connectivity index (χ2n) is 5.10. The van der Waals surface area contributed by atoms with Gasteiger partial charge >= 0.3 is 0 Å². The summed E-state index contributed by atoms with van der Waals surface area (Å²) in [5.41, 5.74) is 1.24. The fraction of sp³-hybridized carbons (Fsp3) is 0.353. The number of carbonyl (C=O) groups is 1. The minimum atomic E-state index is -0.233. The molecule has 0 radical (unpaired) electrons. The van der Waals surface area contributed by atoms with Gasteiger partial charge < -0.3 is 10.2 Å². The van der Waals surface area contributed by atoms with E-state index in [1.807, 2.05) is 18.2 Å². The van der Waals surface area contributed by atoms with Crippen molar-refractivity contribution in [3.05, 3.63) is 52.4 Å². The summed E-state index contributed by atoms with van der Waals surface area (Å²) in [6.45, 7) is 7.91. The molecule has 0 bridgehead atoms. The fourth-order valence-corrected chi connectivity index (χ4v) is 2.49. The molecule has 0 saturated heterocycles. The topological polar surface area (TPSA) is 58.1 Å². The van der Waals surface area contributed by atoms with E-state index >= 15 is 0 Å². The monoisotopic (exact) mass is 332 g/mol. The van der Waals surface area contributed by atoms with Gasteiger partial charge in [0.05, 0.1) is 0 Å². The van der Waals surface area contributed by atoms with Crippen LogP contribution < -0.4 is 10.2 Å². The molecule has 1 aromatic heterocycles. The molecule has 0 fully saturated rings. The van der Waals surface area contributed by atoms with Gasteiger partial charge in [-0.2, -0.15) is 0 Å². The molecule has 0 aliphatic rings. The lowest BCUT2D eigenvalue weighted by Crippen LogP contribution is -2.27. The molecular weight excluding hydrogens is 312 g/mol. The average molecular weight is 333 g/mol. The van der Waals surface area contributed by atoms with Crippen LogP contribution in [0.25, 0.3) is 0 Å². The smallest absolute Gasteiger partial charge is 0.270 e. The summed E-state index contributed by atoms with van der Waals surface area (Å²) in [5, 5.41) is 3.49. The Morgan fingerprint density at radius 3 is 2.57 bits per heavy atom. The summed E-state index contributed by atoms with van der Waals surface area (Å²) in [6.07, 6.45) is 0. The van der Waals surface area contributed by atoms with Crippen molar-refractivity contribution in [3.63, 3.8) is 0 Å². The van der Waals surface area contributed by atoms with Gasteiger partial charge in [-0.15, -0.1) is 0 Å². The Balaban J connectivity index is 2.14. The molecular formula is C17H21ClN4O. The van der Waals surface area contributed by atoms with Crippen molar-refractivity contribution in [1.82, 2.24) is 15.3 Å². The molecule has 0 atom stereocenters. The fourth-order valence-electron chi connectivity index (χ4n) is 2.29. The first kappa shape index (κ1) is 17.2. The Hall–Kier alpha value is -2.14. The van der Waals surface area contributed by atoms with Gasteiger partial charge in [-0.05, 0) is 32.4 Å². The summed E-state index contributed by atoms with van der Waals surface area (Å²) >= 11 is 6.10. The number of hydrogen-bond donors (Lipinski definition) is 1. The van der Waals surface area contributed by atoms with Crippen LogP contribution in [-0.2, 0) is 6.54 Å². The summed E-state index contributed by atoms with van der Waals surface area (Å²) in [6, 6.07) is 9.16. The van der Waals surface area contributed by atoms with E-state index in [1.165, 1.54) is 0 Å². The van der Waals surface area contributed by atoms with Gasteiger partial charge in [0.25, 0.3) is 5.91 Å². The van der Waals surface area contributed by atoms with Crippen LogP contribution in [0.3, 0.4) is 0 Å². The van der Waals surface area contributed by atoms with Crippen molar-refractivity contribution in [3.8, 4) is 0 Å². The van der Waals surface area contributed by atoms with Crippen molar-refractivity contribution in [2.75, 3.05) is 18.0 Å². The van der Waals surface area contributed by atoms with Gasteiger partial charge in [-0.1, -0.05) is 29.8 Å². The number of aryl methyl sites for hydroxylation is 1. The van der Waals surface area contributed by atoms with E-state index < -0.39 is 0 Å². The molecule has 1 aromatic carbocycles. The molecule has 23 heavy (non-hydrogen) atoms. The van der Waals surface area contributed by atoms with Crippen molar-refractivity contribution < 1.29 is 4.79 Å². The maximum Gasteiger partial charge on any atom is 0.270 e. The standard InChI is InChI=1S/C17H21ClN4O/c1-4-22(5-2)16-10-15(20-12(3)21-16)17(23)19-11-13-8-6-7-9-14(13)18/h6-10H,4-5,11H2,1-3H3,(H,19,23). The first-order chi connectivity index (χ1) is 11.0. The minimum absolute atomic E-state index is 0.233. The normalized spacial score (nSPS) is 10.4. The molecule has 2 rings (SSSR count). The van der Waals surface area contributed by atoms with Crippen LogP contribution >= 0.6 is 11.6 Å². The quantitative estimate of drug-likeness (QED) is 0.882. The van der Waals surface area contributed by atoms with E-state index in [1.54, 1.807) is 19.1 Å². The first-order valence-corrected chi connectivity index (χ1v) is 8.05. The van der Waals surface area contributed by atoms with Gasteiger partial charge in [-0.3, -0.25) is 4.79 Å². The summed E-state index contributed by atoms with van der Waals surface area (Å²) in [5.74, 6) is 1.12. The number of aromatic nitrogens is 2. The van der Waals surface area contributed by atoms with E-state index in [9.17, 15) is 4.79 Å². The summed E-state index contributed by atoms with van der Waals surface area (Å²) < 4.78 is 0. The molecule has 0 unspecified atom stereocenters. The molecule has 2 aromatic rings. The van der Waals surface area contributed by atoms with E-state index in [2.05, 4.69) is 34.0 Å². The lowest BCUT2D eigenvalue weighted by atomic mass is 10.2. The molecule has 1 heterocycles. The average Bonchev–Trinajstić information content (AvgIpc) is 2.54. The Kier molecular flexibility index (Phi) is 5.93. The third kappa shape index (κ3) is 4.42.